The second-order valence-electron chi connectivity index (χ2n) is 5.70. The molecule has 1 aliphatic rings. The van der Waals surface area contributed by atoms with Gasteiger partial charge in [0.15, 0.2) is 0 Å². The Labute approximate surface area is 145 Å². The van der Waals surface area contributed by atoms with Crippen molar-refractivity contribution in [3.8, 4) is 0 Å². The molecule has 7 heteroatoms. The summed E-state index contributed by atoms with van der Waals surface area (Å²) in [5, 5.41) is 3.47. The van der Waals surface area contributed by atoms with Gasteiger partial charge in [0, 0.05) is 49.3 Å². The number of halogens is 1. The molecule has 1 aromatic heterocycles. The van der Waals surface area contributed by atoms with E-state index in [1.165, 1.54) is 0 Å². The average molecular weight is 347 g/mol. The molecule has 3 amide bonds. The van der Waals surface area contributed by atoms with E-state index >= 15 is 0 Å². The Morgan fingerprint density at radius 1 is 1.04 bits per heavy atom. The van der Waals surface area contributed by atoms with Crippen LogP contribution in [-0.4, -0.2) is 52.9 Å². The Bertz CT molecular complexity index is 692. The third-order valence-corrected chi connectivity index (χ3v) is 4.28. The second kappa shape index (κ2) is 7.40. The summed E-state index contributed by atoms with van der Waals surface area (Å²) in [6, 6.07) is 8.72. The van der Waals surface area contributed by atoms with Crippen LogP contribution in [0.15, 0.2) is 42.7 Å². The van der Waals surface area contributed by atoms with E-state index in [2.05, 4.69) is 10.3 Å². The van der Waals surface area contributed by atoms with Crippen LogP contribution < -0.4 is 5.32 Å². The molecule has 2 heterocycles. The molecule has 0 aliphatic carbocycles. The maximum Gasteiger partial charge on any atom is 0.321 e. The maximum absolute atomic E-state index is 12.3. The summed E-state index contributed by atoms with van der Waals surface area (Å²) in [7, 11) is 0. The van der Waals surface area contributed by atoms with Gasteiger partial charge in [0.25, 0.3) is 0 Å². The fourth-order valence-electron chi connectivity index (χ4n) is 2.65. The Morgan fingerprint density at radius 2 is 1.71 bits per heavy atom. The number of hydrogen-bond donors (Lipinski definition) is 2. The summed E-state index contributed by atoms with van der Waals surface area (Å²) in [6.07, 6.45) is 4.02. The molecule has 1 saturated heterocycles. The van der Waals surface area contributed by atoms with Crippen LogP contribution in [0.4, 0.5) is 10.5 Å². The van der Waals surface area contributed by atoms with E-state index in [9.17, 15) is 9.59 Å². The predicted octanol–water partition coefficient (Wildman–Crippen LogP) is 2.59. The highest BCUT2D eigenvalue weighted by Gasteiger charge is 2.24. The highest BCUT2D eigenvalue weighted by molar-refractivity contribution is 6.30. The molecule has 0 unspecified atom stereocenters. The Hall–Kier alpha value is -2.47. The minimum atomic E-state index is -0.157. The number of piperazine rings is 1. The topological polar surface area (TPSA) is 68.4 Å². The first-order valence-corrected chi connectivity index (χ1v) is 8.20. The van der Waals surface area contributed by atoms with Gasteiger partial charge < -0.3 is 20.1 Å². The van der Waals surface area contributed by atoms with Crippen molar-refractivity contribution in [3.63, 3.8) is 0 Å². The molecule has 2 N–H and O–H groups in total. The Morgan fingerprint density at radius 3 is 2.33 bits per heavy atom. The molecular formula is C17H19ClN4O2. The molecule has 0 saturated carbocycles. The SMILES string of the molecule is O=C(Cc1cc[nH]c1)N1CCN(C(=O)Nc2ccc(Cl)cc2)CC1. The lowest BCUT2D eigenvalue weighted by Gasteiger charge is -2.34. The third kappa shape index (κ3) is 4.08. The molecule has 1 fully saturated rings. The van der Waals surface area contributed by atoms with Crippen LogP contribution >= 0.6 is 11.6 Å². The number of urea groups is 1. The molecule has 1 aromatic carbocycles. The first-order valence-electron chi connectivity index (χ1n) is 7.83. The van der Waals surface area contributed by atoms with Crippen LogP contribution in [0, 0.1) is 0 Å². The summed E-state index contributed by atoms with van der Waals surface area (Å²) in [5.41, 5.74) is 1.68. The number of anilines is 1. The van der Waals surface area contributed by atoms with Gasteiger partial charge in [-0.2, -0.15) is 0 Å². The summed E-state index contributed by atoms with van der Waals surface area (Å²) < 4.78 is 0. The number of amides is 3. The molecule has 2 aromatic rings. The van der Waals surface area contributed by atoms with Gasteiger partial charge in [0.2, 0.25) is 5.91 Å². The fourth-order valence-corrected chi connectivity index (χ4v) is 2.78. The van der Waals surface area contributed by atoms with Crippen molar-refractivity contribution in [1.29, 1.82) is 0 Å². The van der Waals surface area contributed by atoms with Crippen LogP contribution in [0.1, 0.15) is 5.56 Å². The van der Waals surface area contributed by atoms with Crippen LogP contribution in [0.3, 0.4) is 0 Å². The molecule has 3 rings (SSSR count). The maximum atomic E-state index is 12.3. The van der Waals surface area contributed by atoms with E-state index in [1.807, 2.05) is 18.5 Å². The molecule has 1 aliphatic heterocycles. The van der Waals surface area contributed by atoms with Crippen molar-refractivity contribution in [1.82, 2.24) is 14.8 Å². The number of rotatable bonds is 3. The number of nitrogens with zero attached hydrogens (tertiary/aromatic N) is 2. The second-order valence-corrected chi connectivity index (χ2v) is 6.14. The van der Waals surface area contributed by atoms with Crippen molar-refractivity contribution >= 4 is 29.2 Å². The molecule has 0 atom stereocenters. The van der Waals surface area contributed by atoms with E-state index in [-0.39, 0.29) is 11.9 Å². The number of nitrogens with one attached hydrogen (secondary N) is 2. The average Bonchev–Trinajstić information content (AvgIpc) is 3.10. The van der Waals surface area contributed by atoms with Gasteiger partial charge in [-0.1, -0.05) is 11.6 Å². The smallest absolute Gasteiger partial charge is 0.321 e. The number of hydrogen-bond acceptors (Lipinski definition) is 2. The molecule has 0 bridgehead atoms. The van der Waals surface area contributed by atoms with E-state index in [1.54, 1.807) is 34.1 Å². The van der Waals surface area contributed by atoms with Gasteiger partial charge in [0.1, 0.15) is 0 Å². The fraction of sp³-hybridized carbons (Fsp3) is 0.294. The largest absolute Gasteiger partial charge is 0.367 e. The minimum absolute atomic E-state index is 0.0901. The zero-order chi connectivity index (χ0) is 16.9. The summed E-state index contributed by atoms with van der Waals surface area (Å²) >= 11 is 5.83. The van der Waals surface area contributed by atoms with Gasteiger partial charge >= 0.3 is 6.03 Å². The third-order valence-electron chi connectivity index (χ3n) is 4.03. The van der Waals surface area contributed by atoms with Crippen LogP contribution in [-0.2, 0) is 11.2 Å². The lowest BCUT2D eigenvalue weighted by Crippen LogP contribution is -2.52. The lowest BCUT2D eigenvalue weighted by atomic mass is 10.2. The molecule has 6 nitrogen and oxygen atoms in total. The summed E-state index contributed by atoms with van der Waals surface area (Å²) in [4.78, 5) is 31.0. The van der Waals surface area contributed by atoms with Gasteiger partial charge in [-0.15, -0.1) is 0 Å². The van der Waals surface area contributed by atoms with Gasteiger partial charge in [0.05, 0.1) is 6.42 Å². The lowest BCUT2D eigenvalue weighted by molar-refractivity contribution is -0.131. The van der Waals surface area contributed by atoms with Gasteiger partial charge in [-0.25, -0.2) is 4.79 Å². The number of carbonyl (C=O) groups excluding carboxylic acids is 2. The van der Waals surface area contributed by atoms with Gasteiger partial charge in [-0.05, 0) is 35.9 Å². The predicted molar refractivity (Wildman–Crippen MR) is 93.1 cm³/mol. The molecule has 126 valence electrons. The highest BCUT2D eigenvalue weighted by atomic mass is 35.5. The first-order chi connectivity index (χ1) is 11.6. The van der Waals surface area contributed by atoms with Crippen LogP contribution in [0.25, 0.3) is 0 Å². The number of H-pyrrole nitrogens is 1. The van der Waals surface area contributed by atoms with Crippen molar-refractivity contribution in [2.45, 2.75) is 6.42 Å². The summed E-state index contributed by atoms with van der Waals surface area (Å²) in [6.45, 7) is 2.16. The van der Waals surface area contributed by atoms with Crippen molar-refractivity contribution < 1.29 is 9.59 Å². The monoisotopic (exact) mass is 346 g/mol. The molecule has 0 radical (unpaired) electrons. The standard InChI is InChI=1S/C17H19ClN4O2/c18-14-1-3-15(4-2-14)20-17(24)22-9-7-21(8-10-22)16(23)11-13-5-6-19-12-13/h1-6,12,19H,7-11H2,(H,20,24). The Balaban J connectivity index is 1.48. The zero-order valence-corrected chi connectivity index (χ0v) is 13.9. The molecular weight excluding hydrogens is 328 g/mol. The first kappa shape index (κ1) is 16.4. The van der Waals surface area contributed by atoms with Gasteiger partial charge in [-0.3, -0.25) is 4.79 Å². The van der Waals surface area contributed by atoms with E-state index in [0.717, 1.165) is 5.56 Å². The number of aromatic nitrogens is 1. The summed E-state index contributed by atoms with van der Waals surface area (Å²) in [5.74, 6) is 0.0901. The molecule has 24 heavy (non-hydrogen) atoms. The highest BCUT2D eigenvalue weighted by Crippen LogP contribution is 2.14. The Kier molecular flexibility index (Phi) is 5.05. The van der Waals surface area contributed by atoms with Crippen LogP contribution in [0.2, 0.25) is 5.02 Å². The molecule has 0 spiro atoms. The van der Waals surface area contributed by atoms with E-state index in [0.29, 0.717) is 43.3 Å². The van der Waals surface area contributed by atoms with Crippen molar-refractivity contribution in [2.75, 3.05) is 31.5 Å². The quantitative estimate of drug-likeness (QED) is 0.897. The van der Waals surface area contributed by atoms with Crippen LogP contribution in [0.5, 0.6) is 0 Å². The normalized spacial score (nSPS) is 14.5. The zero-order valence-electron chi connectivity index (χ0n) is 13.2. The minimum Gasteiger partial charge on any atom is -0.367 e. The number of aromatic amines is 1. The number of carbonyl (C=O) groups is 2. The van der Waals surface area contributed by atoms with E-state index in [4.69, 9.17) is 11.6 Å². The van der Waals surface area contributed by atoms with E-state index < -0.39 is 0 Å². The van der Waals surface area contributed by atoms with Crippen molar-refractivity contribution in [3.05, 3.63) is 53.3 Å². The van der Waals surface area contributed by atoms with Crippen molar-refractivity contribution in [2.24, 2.45) is 0 Å². The number of benzene rings is 1.